The van der Waals surface area contributed by atoms with Crippen LogP contribution in [0.1, 0.15) is 33.7 Å². The third-order valence-corrected chi connectivity index (χ3v) is 5.03. The SMILES string of the molecule is O=C(NC1CCN(C(=O)c2ccc(-n3cccc3)cc2)CC1)c1ccccn1. The number of amides is 2. The van der Waals surface area contributed by atoms with Crippen LogP contribution in [0.5, 0.6) is 0 Å². The highest BCUT2D eigenvalue weighted by atomic mass is 16.2. The molecule has 6 nitrogen and oxygen atoms in total. The second kappa shape index (κ2) is 8.08. The van der Waals surface area contributed by atoms with Gasteiger partial charge in [0.25, 0.3) is 11.8 Å². The predicted molar refractivity (Wildman–Crippen MR) is 106 cm³/mol. The minimum absolute atomic E-state index is 0.0357. The zero-order valence-corrected chi connectivity index (χ0v) is 15.5. The first kappa shape index (κ1) is 18.0. The van der Waals surface area contributed by atoms with Gasteiger partial charge < -0.3 is 14.8 Å². The van der Waals surface area contributed by atoms with Gasteiger partial charge in [-0.1, -0.05) is 6.07 Å². The molecule has 142 valence electrons. The molecule has 0 radical (unpaired) electrons. The lowest BCUT2D eigenvalue weighted by Crippen LogP contribution is -2.46. The summed E-state index contributed by atoms with van der Waals surface area (Å²) in [6.07, 6.45) is 7.04. The maximum absolute atomic E-state index is 12.8. The molecule has 0 aliphatic carbocycles. The van der Waals surface area contributed by atoms with Crippen molar-refractivity contribution in [1.82, 2.24) is 19.8 Å². The Bertz CT molecular complexity index is 928. The summed E-state index contributed by atoms with van der Waals surface area (Å²) in [6, 6.07) is 16.9. The highest BCUT2D eigenvalue weighted by Crippen LogP contribution is 2.16. The zero-order valence-electron chi connectivity index (χ0n) is 15.5. The molecule has 0 atom stereocenters. The molecule has 28 heavy (non-hydrogen) atoms. The van der Waals surface area contributed by atoms with E-state index in [4.69, 9.17) is 0 Å². The van der Waals surface area contributed by atoms with E-state index in [1.807, 2.05) is 58.3 Å². The molecule has 0 unspecified atom stereocenters. The summed E-state index contributed by atoms with van der Waals surface area (Å²) >= 11 is 0. The molecule has 3 aromatic rings. The Balaban J connectivity index is 1.32. The molecular weight excluding hydrogens is 352 g/mol. The molecule has 2 aromatic heterocycles. The molecule has 6 heteroatoms. The summed E-state index contributed by atoms with van der Waals surface area (Å²) in [5.74, 6) is -0.125. The number of nitrogens with zero attached hydrogens (tertiary/aromatic N) is 3. The largest absolute Gasteiger partial charge is 0.348 e. The standard InChI is InChI=1S/C22H22N4O2/c27-21(20-5-1-2-12-23-20)24-18-10-15-26(16-11-18)22(28)17-6-8-19(9-7-17)25-13-3-4-14-25/h1-9,12-14,18H,10-11,15-16H2,(H,24,27). The topological polar surface area (TPSA) is 67.2 Å². The van der Waals surface area contributed by atoms with Crippen LogP contribution in [-0.2, 0) is 0 Å². The number of hydrogen-bond acceptors (Lipinski definition) is 3. The van der Waals surface area contributed by atoms with Gasteiger partial charge in [0.2, 0.25) is 0 Å². The van der Waals surface area contributed by atoms with Gasteiger partial charge in [-0.05, 0) is 61.4 Å². The van der Waals surface area contributed by atoms with Gasteiger partial charge in [0.15, 0.2) is 0 Å². The maximum Gasteiger partial charge on any atom is 0.270 e. The number of likely N-dealkylation sites (tertiary alicyclic amines) is 1. The van der Waals surface area contributed by atoms with Crippen LogP contribution in [0.3, 0.4) is 0 Å². The normalized spacial score (nSPS) is 14.6. The molecule has 1 aromatic carbocycles. The van der Waals surface area contributed by atoms with Gasteiger partial charge >= 0.3 is 0 Å². The molecule has 0 bridgehead atoms. The summed E-state index contributed by atoms with van der Waals surface area (Å²) in [4.78, 5) is 30.9. The van der Waals surface area contributed by atoms with Crippen LogP contribution in [0.25, 0.3) is 5.69 Å². The lowest BCUT2D eigenvalue weighted by Gasteiger charge is -2.32. The molecule has 4 rings (SSSR count). The first-order valence-corrected chi connectivity index (χ1v) is 9.45. The van der Waals surface area contributed by atoms with Crippen LogP contribution in [0, 0.1) is 0 Å². The quantitative estimate of drug-likeness (QED) is 0.764. The van der Waals surface area contributed by atoms with Crippen molar-refractivity contribution >= 4 is 11.8 Å². The molecular formula is C22H22N4O2. The number of aromatic nitrogens is 2. The molecule has 1 saturated heterocycles. The van der Waals surface area contributed by atoms with E-state index in [1.54, 1.807) is 24.4 Å². The fourth-order valence-electron chi connectivity index (χ4n) is 3.45. The van der Waals surface area contributed by atoms with Gasteiger partial charge in [-0.3, -0.25) is 14.6 Å². The van der Waals surface area contributed by atoms with Crippen LogP contribution in [0.2, 0.25) is 0 Å². The van der Waals surface area contributed by atoms with Crippen molar-refractivity contribution in [2.45, 2.75) is 18.9 Å². The summed E-state index contributed by atoms with van der Waals surface area (Å²) < 4.78 is 2.00. The smallest absolute Gasteiger partial charge is 0.270 e. The average molecular weight is 374 g/mol. The van der Waals surface area contributed by atoms with Crippen LogP contribution >= 0.6 is 0 Å². The Hall–Kier alpha value is -3.41. The van der Waals surface area contributed by atoms with Gasteiger partial charge in [0.1, 0.15) is 5.69 Å². The molecule has 2 amide bonds. The van der Waals surface area contributed by atoms with Crippen molar-refractivity contribution in [1.29, 1.82) is 0 Å². The minimum atomic E-state index is -0.161. The summed E-state index contributed by atoms with van der Waals surface area (Å²) in [7, 11) is 0. The minimum Gasteiger partial charge on any atom is -0.348 e. The lowest BCUT2D eigenvalue weighted by molar-refractivity contribution is 0.0697. The van der Waals surface area contributed by atoms with Crippen LogP contribution in [0.15, 0.2) is 73.2 Å². The van der Waals surface area contributed by atoms with Gasteiger partial charge in [0, 0.05) is 49.0 Å². The number of pyridine rings is 1. The van der Waals surface area contributed by atoms with E-state index >= 15 is 0 Å². The molecule has 1 aliphatic rings. The number of rotatable bonds is 4. The van der Waals surface area contributed by atoms with Gasteiger partial charge in [-0.2, -0.15) is 0 Å². The number of hydrogen-bond donors (Lipinski definition) is 1. The van der Waals surface area contributed by atoms with Crippen molar-refractivity contribution < 1.29 is 9.59 Å². The molecule has 1 N–H and O–H groups in total. The van der Waals surface area contributed by atoms with Crippen LogP contribution in [-0.4, -0.2) is 45.4 Å². The number of carbonyl (C=O) groups is 2. The van der Waals surface area contributed by atoms with Crippen molar-refractivity contribution in [3.05, 3.63) is 84.4 Å². The summed E-state index contributed by atoms with van der Waals surface area (Å²) in [5, 5.41) is 3.02. The highest BCUT2D eigenvalue weighted by Gasteiger charge is 2.25. The van der Waals surface area contributed by atoms with Gasteiger partial charge in [0.05, 0.1) is 0 Å². The van der Waals surface area contributed by atoms with E-state index in [0.29, 0.717) is 24.3 Å². The second-order valence-corrected chi connectivity index (χ2v) is 6.89. The maximum atomic E-state index is 12.8. The van der Waals surface area contributed by atoms with E-state index in [0.717, 1.165) is 18.5 Å². The lowest BCUT2D eigenvalue weighted by atomic mass is 10.0. The number of carbonyl (C=O) groups excluding carboxylic acids is 2. The predicted octanol–water partition coefficient (Wildman–Crippen LogP) is 2.91. The first-order chi connectivity index (χ1) is 13.7. The van der Waals surface area contributed by atoms with Gasteiger partial charge in [-0.25, -0.2) is 0 Å². The molecule has 0 spiro atoms. The van der Waals surface area contributed by atoms with Crippen molar-refractivity contribution in [2.24, 2.45) is 0 Å². The second-order valence-electron chi connectivity index (χ2n) is 6.89. The summed E-state index contributed by atoms with van der Waals surface area (Å²) in [5.41, 5.74) is 2.13. The zero-order chi connectivity index (χ0) is 19.3. The summed E-state index contributed by atoms with van der Waals surface area (Å²) in [6.45, 7) is 1.26. The highest BCUT2D eigenvalue weighted by molar-refractivity contribution is 5.94. The molecule has 3 heterocycles. The Morgan fingerprint density at radius 2 is 1.64 bits per heavy atom. The van der Waals surface area contributed by atoms with Crippen molar-refractivity contribution in [3.63, 3.8) is 0 Å². The van der Waals surface area contributed by atoms with E-state index in [1.165, 1.54) is 0 Å². The average Bonchev–Trinajstić information content (AvgIpc) is 3.29. The Kier molecular flexibility index (Phi) is 5.19. The van der Waals surface area contributed by atoms with Gasteiger partial charge in [-0.15, -0.1) is 0 Å². The Labute approximate surface area is 163 Å². The van der Waals surface area contributed by atoms with E-state index in [2.05, 4.69) is 10.3 Å². The number of nitrogens with one attached hydrogen (secondary N) is 1. The van der Waals surface area contributed by atoms with Crippen LogP contribution in [0.4, 0.5) is 0 Å². The molecule has 1 aliphatic heterocycles. The third kappa shape index (κ3) is 3.96. The molecule has 0 saturated carbocycles. The number of benzene rings is 1. The van der Waals surface area contributed by atoms with Crippen molar-refractivity contribution in [2.75, 3.05) is 13.1 Å². The van der Waals surface area contributed by atoms with E-state index in [-0.39, 0.29) is 17.9 Å². The number of piperidine rings is 1. The first-order valence-electron chi connectivity index (χ1n) is 9.45. The molecule has 1 fully saturated rings. The fraction of sp³-hybridized carbons (Fsp3) is 0.227. The Morgan fingerprint density at radius 3 is 2.29 bits per heavy atom. The van der Waals surface area contributed by atoms with E-state index < -0.39 is 0 Å². The Morgan fingerprint density at radius 1 is 0.929 bits per heavy atom. The monoisotopic (exact) mass is 374 g/mol. The van der Waals surface area contributed by atoms with E-state index in [9.17, 15) is 9.59 Å². The van der Waals surface area contributed by atoms with Crippen LogP contribution < -0.4 is 5.32 Å². The third-order valence-electron chi connectivity index (χ3n) is 5.03. The van der Waals surface area contributed by atoms with Crippen molar-refractivity contribution in [3.8, 4) is 5.69 Å². The fourth-order valence-corrected chi connectivity index (χ4v) is 3.45.